The van der Waals surface area contributed by atoms with E-state index < -0.39 is 6.04 Å². The van der Waals surface area contributed by atoms with Gasteiger partial charge in [-0.25, -0.2) is 0 Å². The molecule has 0 fully saturated rings. The third-order valence-corrected chi connectivity index (χ3v) is 5.32. The molecule has 6 heteroatoms. The van der Waals surface area contributed by atoms with E-state index in [9.17, 15) is 9.59 Å². The molecule has 0 aliphatic rings. The highest BCUT2D eigenvalue weighted by Gasteiger charge is 2.21. The fourth-order valence-electron chi connectivity index (χ4n) is 3.68. The van der Waals surface area contributed by atoms with Gasteiger partial charge >= 0.3 is 0 Å². The second-order valence-corrected chi connectivity index (χ2v) is 8.41. The standard InChI is InChI=1S/C26H37N3O3/c1-6-27-26(31)24(28-25(30)22-10-8-7-9-11-22)18-21-12-14-23(15-13-21)32-17-16-29(19(2)3)20(4)5/h7-15,19-20,24H,6,16-18H2,1-5H3,(H,27,31)(H,28,30). The van der Waals surface area contributed by atoms with Crippen LogP contribution in [-0.2, 0) is 11.2 Å². The molecule has 2 aromatic carbocycles. The molecule has 1 atom stereocenters. The number of likely N-dealkylation sites (N-methyl/N-ethyl adjacent to an activating group) is 1. The Hall–Kier alpha value is -2.86. The highest BCUT2D eigenvalue weighted by molar-refractivity contribution is 5.97. The normalized spacial score (nSPS) is 12.1. The van der Waals surface area contributed by atoms with Gasteiger partial charge in [-0.05, 0) is 64.4 Å². The van der Waals surface area contributed by atoms with Crippen molar-refractivity contribution in [2.75, 3.05) is 19.7 Å². The largest absolute Gasteiger partial charge is 0.492 e. The van der Waals surface area contributed by atoms with Crippen LogP contribution in [0, 0.1) is 0 Å². The van der Waals surface area contributed by atoms with Gasteiger partial charge in [-0.2, -0.15) is 0 Å². The number of carbonyl (C=O) groups excluding carboxylic acids is 2. The van der Waals surface area contributed by atoms with Crippen molar-refractivity contribution in [2.24, 2.45) is 0 Å². The summed E-state index contributed by atoms with van der Waals surface area (Å²) in [5, 5.41) is 5.67. The van der Waals surface area contributed by atoms with Gasteiger partial charge in [0.1, 0.15) is 18.4 Å². The van der Waals surface area contributed by atoms with E-state index in [1.165, 1.54) is 0 Å². The molecule has 0 saturated carbocycles. The van der Waals surface area contributed by atoms with Crippen LogP contribution in [0.15, 0.2) is 54.6 Å². The van der Waals surface area contributed by atoms with Gasteiger partial charge in [0.25, 0.3) is 5.91 Å². The average Bonchev–Trinajstić information content (AvgIpc) is 2.77. The van der Waals surface area contributed by atoms with Crippen LogP contribution in [-0.4, -0.2) is 54.5 Å². The van der Waals surface area contributed by atoms with Gasteiger partial charge in [-0.15, -0.1) is 0 Å². The molecule has 174 valence electrons. The topological polar surface area (TPSA) is 70.7 Å². The minimum atomic E-state index is -0.653. The number of ether oxygens (including phenoxy) is 1. The summed E-state index contributed by atoms with van der Waals surface area (Å²) in [5.74, 6) is 0.338. The number of hydrogen-bond donors (Lipinski definition) is 2. The maximum Gasteiger partial charge on any atom is 0.251 e. The van der Waals surface area contributed by atoms with Crippen molar-refractivity contribution in [3.63, 3.8) is 0 Å². The molecule has 0 heterocycles. The van der Waals surface area contributed by atoms with Gasteiger partial charge in [0.05, 0.1) is 0 Å². The van der Waals surface area contributed by atoms with Gasteiger partial charge in [0, 0.05) is 37.2 Å². The number of carbonyl (C=O) groups is 2. The summed E-state index contributed by atoms with van der Waals surface area (Å²) in [6.07, 6.45) is 0.402. The molecule has 0 spiro atoms. The minimum absolute atomic E-state index is 0.195. The first-order chi connectivity index (χ1) is 15.3. The first kappa shape index (κ1) is 25.4. The number of nitrogens with one attached hydrogen (secondary N) is 2. The molecular weight excluding hydrogens is 402 g/mol. The van der Waals surface area contributed by atoms with Crippen molar-refractivity contribution in [1.82, 2.24) is 15.5 Å². The Bertz CT molecular complexity index is 827. The van der Waals surface area contributed by atoms with E-state index in [0.717, 1.165) is 17.9 Å². The summed E-state index contributed by atoms with van der Waals surface area (Å²) in [4.78, 5) is 27.5. The molecule has 6 nitrogen and oxygen atoms in total. The molecular formula is C26H37N3O3. The molecule has 2 N–H and O–H groups in total. The third-order valence-electron chi connectivity index (χ3n) is 5.32. The molecule has 0 bridgehead atoms. The van der Waals surface area contributed by atoms with Crippen molar-refractivity contribution in [3.05, 3.63) is 65.7 Å². The second-order valence-electron chi connectivity index (χ2n) is 8.41. The molecule has 0 radical (unpaired) electrons. The van der Waals surface area contributed by atoms with Gasteiger partial charge < -0.3 is 15.4 Å². The van der Waals surface area contributed by atoms with Crippen LogP contribution in [0.1, 0.15) is 50.5 Å². The molecule has 0 saturated heterocycles. The van der Waals surface area contributed by atoms with Crippen LogP contribution in [0.2, 0.25) is 0 Å². The molecule has 2 amide bonds. The van der Waals surface area contributed by atoms with Crippen LogP contribution < -0.4 is 15.4 Å². The van der Waals surface area contributed by atoms with E-state index in [2.05, 4.69) is 43.2 Å². The lowest BCUT2D eigenvalue weighted by atomic mass is 10.0. The Kier molecular flexibility index (Phi) is 10.2. The van der Waals surface area contributed by atoms with Gasteiger partial charge in [-0.1, -0.05) is 30.3 Å². The van der Waals surface area contributed by atoms with Gasteiger partial charge in [0.2, 0.25) is 5.91 Å². The SMILES string of the molecule is CCNC(=O)C(Cc1ccc(OCCN(C(C)C)C(C)C)cc1)NC(=O)c1ccccc1. The highest BCUT2D eigenvalue weighted by Crippen LogP contribution is 2.15. The van der Waals surface area contributed by atoms with Gasteiger partial charge in [0.15, 0.2) is 0 Å². The average molecular weight is 440 g/mol. The first-order valence-corrected chi connectivity index (χ1v) is 11.4. The Morgan fingerprint density at radius 2 is 1.56 bits per heavy atom. The van der Waals surface area contributed by atoms with Crippen LogP contribution in [0.5, 0.6) is 5.75 Å². The zero-order valence-electron chi connectivity index (χ0n) is 19.9. The molecule has 1 unspecified atom stereocenters. The Morgan fingerprint density at radius 3 is 2.12 bits per heavy atom. The maximum atomic E-state index is 12.6. The monoisotopic (exact) mass is 439 g/mol. The van der Waals surface area contributed by atoms with Crippen LogP contribution in [0.3, 0.4) is 0 Å². The number of rotatable bonds is 12. The van der Waals surface area contributed by atoms with E-state index in [0.29, 0.717) is 37.2 Å². The van der Waals surface area contributed by atoms with E-state index >= 15 is 0 Å². The predicted octanol–water partition coefficient (Wildman–Crippen LogP) is 3.66. The Morgan fingerprint density at radius 1 is 0.938 bits per heavy atom. The quantitative estimate of drug-likeness (QED) is 0.530. The van der Waals surface area contributed by atoms with Crippen molar-refractivity contribution in [2.45, 2.75) is 59.2 Å². The number of nitrogens with zero attached hydrogens (tertiary/aromatic N) is 1. The van der Waals surface area contributed by atoms with E-state index in [1.807, 2.05) is 37.3 Å². The fourth-order valence-corrected chi connectivity index (χ4v) is 3.68. The predicted molar refractivity (Wildman–Crippen MR) is 129 cm³/mol. The van der Waals surface area contributed by atoms with E-state index in [-0.39, 0.29) is 11.8 Å². The van der Waals surface area contributed by atoms with E-state index in [4.69, 9.17) is 4.74 Å². The van der Waals surface area contributed by atoms with Crippen molar-refractivity contribution in [3.8, 4) is 5.75 Å². The zero-order chi connectivity index (χ0) is 23.5. The van der Waals surface area contributed by atoms with E-state index in [1.54, 1.807) is 24.3 Å². The summed E-state index contributed by atoms with van der Waals surface area (Å²) in [6, 6.07) is 16.9. The maximum absolute atomic E-state index is 12.6. The Labute approximate surface area is 192 Å². The Balaban J connectivity index is 1.97. The lowest BCUT2D eigenvalue weighted by Crippen LogP contribution is -2.48. The zero-order valence-corrected chi connectivity index (χ0v) is 19.9. The highest BCUT2D eigenvalue weighted by atomic mass is 16.5. The molecule has 0 aromatic heterocycles. The lowest BCUT2D eigenvalue weighted by Gasteiger charge is -2.30. The molecule has 2 rings (SSSR count). The van der Waals surface area contributed by atoms with Crippen molar-refractivity contribution < 1.29 is 14.3 Å². The van der Waals surface area contributed by atoms with Gasteiger partial charge in [-0.3, -0.25) is 14.5 Å². The summed E-state index contributed by atoms with van der Waals surface area (Å²) < 4.78 is 5.91. The van der Waals surface area contributed by atoms with Crippen molar-refractivity contribution >= 4 is 11.8 Å². The third kappa shape index (κ3) is 8.00. The summed E-state index contributed by atoms with van der Waals surface area (Å²) in [7, 11) is 0. The summed E-state index contributed by atoms with van der Waals surface area (Å²) >= 11 is 0. The molecule has 2 aromatic rings. The number of benzene rings is 2. The first-order valence-electron chi connectivity index (χ1n) is 11.4. The smallest absolute Gasteiger partial charge is 0.251 e. The number of hydrogen-bond acceptors (Lipinski definition) is 4. The fraction of sp³-hybridized carbons (Fsp3) is 0.462. The summed E-state index contributed by atoms with van der Waals surface area (Å²) in [5.41, 5.74) is 1.48. The second kappa shape index (κ2) is 12.9. The molecule has 0 aliphatic heterocycles. The minimum Gasteiger partial charge on any atom is -0.492 e. The summed E-state index contributed by atoms with van der Waals surface area (Å²) in [6.45, 7) is 12.6. The molecule has 32 heavy (non-hydrogen) atoms. The van der Waals surface area contributed by atoms with Crippen LogP contribution in [0.25, 0.3) is 0 Å². The number of amides is 2. The van der Waals surface area contributed by atoms with Crippen molar-refractivity contribution in [1.29, 1.82) is 0 Å². The van der Waals surface area contributed by atoms with Crippen LogP contribution >= 0.6 is 0 Å². The van der Waals surface area contributed by atoms with Crippen LogP contribution in [0.4, 0.5) is 0 Å². The molecule has 0 aliphatic carbocycles. The lowest BCUT2D eigenvalue weighted by molar-refractivity contribution is -0.122.